The highest BCUT2D eigenvalue weighted by Crippen LogP contribution is 2.14. The summed E-state index contributed by atoms with van der Waals surface area (Å²) in [6.45, 7) is 0.369. The van der Waals surface area contributed by atoms with Crippen molar-refractivity contribution in [2.24, 2.45) is 0 Å². The lowest BCUT2D eigenvalue weighted by molar-refractivity contribution is 0.0950. The van der Waals surface area contributed by atoms with Crippen molar-refractivity contribution in [3.63, 3.8) is 0 Å². The first-order valence-corrected chi connectivity index (χ1v) is 6.15. The molecule has 0 aliphatic carbocycles. The molecule has 0 saturated carbocycles. The van der Waals surface area contributed by atoms with E-state index in [9.17, 15) is 9.59 Å². The van der Waals surface area contributed by atoms with E-state index in [0.29, 0.717) is 22.7 Å². The summed E-state index contributed by atoms with van der Waals surface area (Å²) >= 11 is 6.00. The molecule has 19 heavy (non-hydrogen) atoms. The van der Waals surface area contributed by atoms with Crippen LogP contribution in [-0.2, 0) is 6.54 Å². The second-order valence-corrected chi connectivity index (χ2v) is 4.42. The number of aldehydes is 1. The molecular weight excluding hydrogens is 262 g/mol. The highest BCUT2D eigenvalue weighted by Gasteiger charge is 2.06. The summed E-state index contributed by atoms with van der Waals surface area (Å²) in [5.74, 6) is -0.197. The number of benzene rings is 2. The quantitative estimate of drug-likeness (QED) is 0.870. The molecular formula is C15H12ClNO2. The Labute approximate surface area is 116 Å². The van der Waals surface area contributed by atoms with Gasteiger partial charge in [0.2, 0.25) is 0 Å². The molecule has 4 heteroatoms. The van der Waals surface area contributed by atoms with Crippen molar-refractivity contribution in [2.75, 3.05) is 0 Å². The normalized spacial score (nSPS) is 9.95. The minimum absolute atomic E-state index is 0.197. The summed E-state index contributed by atoms with van der Waals surface area (Å²) in [5, 5.41) is 3.41. The fourth-order valence-electron chi connectivity index (χ4n) is 1.63. The van der Waals surface area contributed by atoms with Crippen LogP contribution in [0, 0.1) is 0 Å². The number of carbonyl (C=O) groups is 2. The van der Waals surface area contributed by atoms with Crippen molar-refractivity contribution >= 4 is 23.8 Å². The predicted molar refractivity (Wildman–Crippen MR) is 74.5 cm³/mol. The minimum Gasteiger partial charge on any atom is -0.348 e. The van der Waals surface area contributed by atoms with Gasteiger partial charge >= 0.3 is 0 Å². The fourth-order valence-corrected chi connectivity index (χ4v) is 1.83. The lowest BCUT2D eigenvalue weighted by atomic mass is 10.1. The van der Waals surface area contributed by atoms with Crippen molar-refractivity contribution in [1.29, 1.82) is 0 Å². The van der Waals surface area contributed by atoms with Gasteiger partial charge in [-0.15, -0.1) is 0 Å². The van der Waals surface area contributed by atoms with Crippen LogP contribution in [0.4, 0.5) is 0 Å². The maximum atomic E-state index is 11.9. The zero-order chi connectivity index (χ0) is 13.7. The van der Waals surface area contributed by atoms with Gasteiger partial charge in [0.15, 0.2) is 0 Å². The fraction of sp³-hybridized carbons (Fsp3) is 0.0667. The zero-order valence-corrected chi connectivity index (χ0v) is 10.9. The van der Waals surface area contributed by atoms with Gasteiger partial charge in [-0.05, 0) is 23.8 Å². The monoisotopic (exact) mass is 273 g/mol. The maximum Gasteiger partial charge on any atom is 0.251 e. The van der Waals surface area contributed by atoms with Gasteiger partial charge in [-0.1, -0.05) is 41.9 Å². The van der Waals surface area contributed by atoms with Crippen LogP contribution in [0.15, 0.2) is 48.5 Å². The summed E-state index contributed by atoms with van der Waals surface area (Å²) in [7, 11) is 0. The van der Waals surface area contributed by atoms with Gasteiger partial charge in [0.05, 0.1) is 0 Å². The SMILES string of the molecule is O=Cc1ccc(C(=O)NCc2ccccc2Cl)cc1. The van der Waals surface area contributed by atoms with E-state index in [0.717, 1.165) is 11.8 Å². The second-order valence-electron chi connectivity index (χ2n) is 4.01. The Kier molecular flexibility index (Phi) is 4.31. The largest absolute Gasteiger partial charge is 0.348 e. The van der Waals surface area contributed by atoms with Crippen LogP contribution in [0.3, 0.4) is 0 Å². The maximum absolute atomic E-state index is 11.9. The van der Waals surface area contributed by atoms with Gasteiger partial charge in [-0.25, -0.2) is 0 Å². The molecule has 0 saturated heterocycles. The van der Waals surface area contributed by atoms with E-state index in [-0.39, 0.29) is 5.91 Å². The molecule has 1 amide bonds. The highest BCUT2D eigenvalue weighted by atomic mass is 35.5. The Morgan fingerprint density at radius 2 is 1.79 bits per heavy atom. The van der Waals surface area contributed by atoms with Crippen molar-refractivity contribution in [3.05, 3.63) is 70.2 Å². The molecule has 2 aromatic carbocycles. The average molecular weight is 274 g/mol. The van der Waals surface area contributed by atoms with Crippen LogP contribution in [0.2, 0.25) is 5.02 Å². The van der Waals surface area contributed by atoms with Crippen molar-refractivity contribution < 1.29 is 9.59 Å². The van der Waals surface area contributed by atoms with E-state index in [2.05, 4.69) is 5.32 Å². The summed E-state index contributed by atoms with van der Waals surface area (Å²) in [6, 6.07) is 13.8. The van der Waals surface area contributed by atoms with E-state index in [1.807, 2.05) is 18.2 Å². The van der Waals surface area contributed by atoms with Crippen LogP contribution in [-0.4, -0.2) is 12.2 Å². The number of halogens is 1. The second kappa shape index (κ2) is 6.16. The van der Waals surface area contributed by atoms with Crippen molar-refractivity contribution in [1.82, 2.24) is 5.32 Å². The van der Waals surface area contributed by atoms with Crippen molar-refractivity contribution in [2.45, 2.75) is 6.54 Å². The summed E-state index contributed by atoms with van der Waals surface area (Å²) in [6.07, 6.45) is 0.741. The van der Waals surface area contributed by atoms with Gasteiger partial charge in [0, 0.05) is 22.7 Å². The molecule has 0 bridgehead atoms. The molecule has 3 nitrogen and oxygen atoms in total. The van der Waals surface area contributed by atoms with E-state index >= 15 is 0 Å². The topological polar surface area (TPSA) is 46.2 Å². The standard InChI is InChI=1S/C15H12ClNO2/c16-14-4-2-1-3-13(14)9-17-15(19)12-7-5-11(10-18)6-8-12/h1-8,10H,9H2,(H,17,19). The van der Waals surface area contributed by atoms with Gasteiger partial charge in [0.1, 0.15) is 6.29 Å². The van der Waals surface area contributed by atoms with Crippen LogP contribution in [0.1, 0.15) is 26.3 Å². The predicted octanol–water partition coefficient (Wildman–Crippen LogP) is 3.08. The minimum atomic E-state index is -0.197. The third kappa shape index (κ3) is 3.42. The summed E-state index contributed by atoms with van der Waals surface area (Å²) in [5.41, 5.74) is 1.92. The highest BCUT2D eigenvalue weighted by molar-refractivity contribution is 6.31. The lowest BCUT2D eigenvalue weighted by Crippen LogP contribution is -2.22. The van der Waals surface area contributed by atoms with Gasteiger partial charge in [-0.3, -0.25) is 9.59 Å². The molecule has 0 aromatic heterocycles. The molecule has 0 heterocycles. The zero-order valence-electron chi connectivity index (χ0n) is 10.1. The molecule has 96 valence electrons. The summed E-state index contributed by atoms with van der Waals surface area (Å²) in [4.78, 5) is 22.4. The molecule has 0 unspecified atom stereocenters. The molecule has 0 radical (unpaired) electrons. The summed E-state index contributed by atoms with van der Waals surface area (Å²) < 4.78 is 0. The molecule has 2 aromatic rings. The van der Waals surface area contributed by atoms with E-state index < -0.39 is 0 Å². The third-order valence-electron chi connectivity index (χ3n) is 2.71. The Morgan fingerprint density at radius 3 is 2.42 bits per heavy atom. The molecule has 0 aliphatic rings. The van der Waals surface area contributed by atoms with Crippen LogP contribution >= 0.6 is 11.6 Å². The van der Waals surface area contributed by atoms with E-state index in [4.69, 9.17) is 11.6 Å². The van der Waals surface area contributed by atoms with Crippen LogP contribution in [0.25, 0.3) is 0 Å². The smallest absolute Gasteiger partial charge is 0.251 e. The molecule has 2 rings (SSSR count). The van der Waals surface area contributed by atoms with Crippen LogP contribution < -0.4 is 5.32 Å². The number of rotatable bonds is 4. The Bertz CT molecular complexity index is 593. The number of carbonyl (C=O) groups excluding carboxylic acids is 2. The molecule has 0 fully saturated rings. The number of hydrogen-bond acceptors (Lipinski definition) is 2. The van der Waals surface area contributed by atoms with Crippen LogP contribution in [0.5, 0.6) is 0 Å². The Balaban J connectivity index is 2.01. The lowest BCUT2D eigenvalue weighted by Gasteiger charge is -2.07. The third-order valence-corrected chi connectivity index (χ3v) is 3.07. The van der Waals surface area contributed by atoms with Gasteiger partial charge < -0.3 is 5.32 Å². The van der Waals surface area contributed by atoms with E-state index in [1.54, 1.807) is 30.3 Å². The molecule has 0 spiro atoms. The number of nitrogens with one attached hydrogen (secondary N) is 1. The first-order chi connectivity index (χ1) is 9.20. The van der Waals surface area contributed by atoms with E-state index in [1.165, 1.54) is 0 Å². The molecule has 1 N–H and O–H groups in total. The average Bonchev–Trinajstić information content (AvgIpc) is 2.46. The molecule has 0 atom stereocenters. The molecule has 0 aliphatic heterocycles. The van der Waals surface area contributed by atoms with Gasteiger partial charge in [0.25, 0.3) is 5.91 Å². The number of hydrogen-bond donors (Lipinski definition) is 1. The van der Waals surface area contributed by atoms with Crippen molar-refractivity contribution in [3.8, 4) is 0 Å². The Hall–Kier alpha value is -2.13. The Morgan fingerprint density at radius 1 is 1.11 bits per heavy atom. The first-order valence-electron chi connectivity index (χ1n) is 5.77. The first kappa shape index (κ1) is 13.3. The van der Waals surface area contributed by atoms with Gasteiger partial charge in [-0.2, -0.15) is 0 Å². The number of amides is 1.